The molecule has 0 aliphatic carbocycles. The van der Waals surface area contributed by atoms with E-state index in [1.54, 1.807) is 19.1 Å². The van der Waals surface area contributed by atoms with Crippen molar-refractivity contribution in [1.82, 2.24) is 10.2 Å². The van der Waals surface area contributed by atoms with Crippen molar-refractivity contribution < 1.29 is 38.2 Å². The fourth-order valence-electron chi connectivity index (χ4n) is 2.70. The topological polar surface area (TPSA) is 135 Å². The summed E-state index contributed by atoms with van der Waals surface area (Å²) in [4.78, 5) is 48.6. The largest absolute Gasteiger partial charge is 0.490 e. The minimum Gasteiger partial charge on any atom is -0.490 e. The lowest BCUT2D eigenvalue weighted by atomic mass is 10.1. The first-order chi connectivity index (χ1) is 14.4. The third kappa shape index (κ3) is 4.66. The number of imide groups is 2. The van der Waals surface area contributed by atoms with Gasteiger partial charge in [-0.3, -0.25) is 19.8 Å². The van der Waals surface area contributed by atoms with E-state index >= 15 is 0 Å². The average Bonchev–Trinajstić information content (AvgIpc) is 3.21. The van der Waals surface area contributed by atoms with Gasteiger partial charge in [-0.15, -0.1) is 0 Å². The molecule has 1 fully saturated rings. The summed E-state index contributed by atoms with van der Waals surface area (Å²) in [6.07, 6.45) is 2.72. The number of nitrogens with zero attached hydrogens (tertiary/aromatic N) is 1. The minimum absolute atomic E-state index is 0.131. The van der Waals surface area contributed by atoms with E-state index < -0.39 is 30.4 Å². The van der Waals surface area contributed by atoms with Crippen LogP contribution in [0.1, 0.15) is 18.2 Å². The molecule has 2 N–H and O–H groups in total. The molecule has 30 heavy (non-hydrogen) atoms. The highest BCUT2D eigenvalue weighted by atomic mass is 16.5. The molecule has 10 heteroatoms. The van der Waals surface area contributed by atoms with Gasteiger partial charge < -0.3 is 19.0 Å². The molecule has 10 nitrogen and oxygen atoms in total. The second-order valence-electron chi connectivity index (χ2n) is 6.11. The van der Waals surface area contributed by atoms with E-state index in [0.29, 0.717) is 11.3 Å². The Labute approximate surface area is 170 Å². The molecule has 4 amide bonds. The van der Waals surface area contributed by atoms with Crippen molar-refractivity contribution in [3.05, 3.63) is 53.5 Å². The monoisotopic (exact) mass is 414 g/mol. The number of urea groups is 1. The quantitative estimate of drug-likeness (QED) is 0.493. The van der Waals surface area contributed by atoms with E-state index in [1.165, 1.54) is 30.5 Å². The zero-order valence-corrected chi connectivity index (χ0v) is 15.9. The highest BCUT2D eigenvalue weighted by Gasteiger charge is 2.36. The standard InChI is InChI=1S/C20H18N2O8/c1-2-28-16-9-12(5-6-15(16)30-11-17(23)24)8-14-18(25)21-20(27)22(19(14)26)10-13-4-3-7-29-13/h3-9H,2,10-11H2,1H3,(H,23,24)(H,21,25,27)/b14-8+. The highest BCUT2D eigenvalue weighted by Crippen LogP contribution is 2.30. The van der Waals surface area contributed by atoms with Crippen LogP contribution in [0.4, 0.5) is 4.79 Å². The van der Waals surface area contributed by atoms with Crippen molar-refractivity contribution in [3.8, 4) is 11.5 Å². The molecule has 156 valence electrons. The predicted molar refractivity (Wildman–Crippen MR) is 102 cm³/mol. The van der Waals surface area contributed by atoms with Crippen molar-refractivity contribution in [2.24, 2.45) is 0 Å². The Balaban J connectivity index is 1.88. The minimum atomic E-state index is -1.14. The van der Waals surface area contributed by atoms with Gasteiger partial charge in [0, 0.05) is 0 Å². The third-order valence-electron chi connectivity index (χ3n) is 4.01. The van der Waals surface area contributed by atoms with Crippen LogP contribution in [0.2, 0.25) is 0 Å². The second-order valence-corrected chi connectivity index (χ2v) is 6.11. The lowest BCUT2D eigenvalue weighted by molar-refractivity contribution is -0.139. The first-order valence-electron chi connectivity index (χ1n) is 8.91. The number of carboxylic acids is 1. The third-order valence-corrected chi connectivity index (χ3v) is 4.01. The Morgan fingerprint density at radius 2 is 2.00 bits per heavy atom. The first-order valence-corrected chi connectivity index (χ1v) is 8.91. The number of furan rings is 1. The summed E-state index contributed by atoms with van der Waals surface area (Å²) in [5, 5.41) is 10.9. The van der Waals surface area contributed by atoms with Gasteiger partial charge in [0.25, 0.3) is 11.8 Å². The molecule has 1 aliphatic rings. The summed E-state index contributed by atoms with van der Waals surface area (Å²) >= 11 is 0. The number of rotatable bonds is 8. The van der Waals surface area contributed by atoms with E-state index in [2.05, 4.69) is 5.32 Å². The van der Waals surface area contributed by atoms with E-state index in [4.69, 9.17) is 19.0 Å². The van der Waals surface area contributed by atoms with E-state index in [-0.39, 0.29) is 30.2 Å². The number of barbiturate groups is 1. The second kappa shape index (κ2) is 8.95. The van der Waals surface area contributed by atoms with E-state index in [1.807, 2.05) is 0 Å². The Bertz CT molecular complexity index is 1010. The number of benzene rings is 1. The van der Waals surface area contributed by atoms with Crippen molar-refractivity contribution in [1.29, 1.82) is 0 Å². The molecule has 1 saturated heterocycles. The van der Waals surface area contributed by atoms with Gasteiger partial charge in [-0.2, -0.15) is 0 Å². The summed E-state index contributed by atoms with van der Waals surface area (Å²) in [5.41, 5.74) is 0.176. The Morgan fingerprint density at radius 3 is 2.67 bits per heavy atom. The average molecular weight is 414 g/mol. The highest BCUT2D eigenvalue weighted by molar-refractivity contribution is 6.30. The van der Waals surface area contributed by atoms with Crippen molar-refractivity contribution in [2.75, 3.05) is 13.2 Å². The Morgan fingerprint density at radius 1 is 1.20 bits per heavy atom. The van der Waals surface area contributed by atoms with Gasteiger partial charge in [0.2, 0.25) is 0 Å². The number of hydrogen-bond acceptors (Lipinski definition) is 7. The van der Waals surface area contributed by atoms with Crippen LogP contribution in [-0.4, -0.2) is 47.0 Å². The molecule has 2 heterocycles. The maximum Gasteiger partial charge on any atom is 0.341 e. The molecule has 0 saturated carbocycles. The summed E-state index contributed by atoms with van der Waals surface area (Å²) in [5.74, 6) is -1.91. The molecule has 0 unspecified atom stereocenters. The Hall–Kier alpha value is -4.08. The smallest absolute Gasteiger partial charge is 0.341 e. The molecule has 0 bridgehead atoms. The van der Waals surface area contributed by atoms with Gasteiger partial charge in [0.05, 0.1) is 19.4 Å². The van der Waals surface area contributed by atoms with Crippen LogP contribution >= 0.6 is 0 Å². The SMILES string of the molecule is CCOc1cc(/C=C2\C(=O)NC(=O)N(Cc3ccco3)C2=O)ccc1OCC(=O)O. The van der Waals surface area contributed by atoms with Crippen LogP contribution in [0.3, 0.4) is 0 Å². The number of carbonyl (C=O) groups is 4. The summed E-state index contributed by atoms with van der Waals surface area (Å²) in [6, 6.07) is 6.88. The van der Waals surface area contributed by atoms with Crippen molar-refractivity contribution >= 4 is 29.9 Å². The maximum atomic E-state index is 12.7. The zero-order chi connectivity index (χ0) is 21.7. The van der Waals surface area contributed by atoms with Crippen molar-refractivity contribution in [3.63, 3.8) is 0 Å². The van der Waals surface area contributed by atoms with Crippen LogP contribution in [0.25, 0.3) is 6.08 Å². The van der Waals surface area contributed by atoms with Crippen LogP contribution in [0.15, 0.2) is 46.6 Å². The number of nitrogens with one attached hydrogen (secondary N) is 1. The first kappa shape index (κ1) is 20.6. The fraction of sp³-hybridized carbons (Fsp3) is 0.200. The molecule has 2 aromatic rings. The molecule has 0 atom stereocenters. The molecule has 0 radical (unpaired) electrons. The van der Waals surface area contributed by atoms with E-state index in [9.17, 15) is 19.2 Å². The zero-order valence-electron chi connectivity index (χ0n) is 15.9. The van der Waals surface area contributed by atoms with Gasteiger partial charge in [0.1, 0.15) is 11.3 Å². The normalized spacial score (nSPS) is 15.3. The molecular formula is C20H18N2O8. The van der Waals surface area contributed by atoms with Gasteiger partial charge >= 0.3 is 12.0 Å². The maximum absolute atomic E-state index is 12.7. The van der Waals surface area contributed by atoms with Gasteiger partial charge in [-0.1, -0.05) is 6.07 Å². The number of hydrogen-bond donors (Lipinski definition) is 2. The number of amides is 4. The Kier molecular flexibility index (Phi) is 6.16. The molecule has 1 aliphatic heterocycles. The van der Waals surface area contributed by atoms with Crippen LogP contribution < -0.4 is 14.8 Å². The number of ether oxygens (including phenoxy) is 2. The van der Waals surface area contributed by atoms with Crippen LogP contribution in [-0.2, 0) is 20.9 Å². The fourth-order valence-corrected chi connectivity index (χ4v) is 2.70. The van der Waals surface area contributed by atoms with Gasteiger partial charge in [-0.05, 0) is 42.8 Å². The molecule has 1 aromatic carbocycles. The van der Waals surface area contributed by atoms with Crippen LogP contribution in [0, 0.1) is 0 Å². The lowest BCUT2D eigenvalue weighted by Gasteiger charge is -2.25. The van der Waals surface area contributed by atoms with Crippen molar-refractivity contribution in [2.45, 2.75) is 13.5 Å². The summed E-state index contributed by atoms with van der Waals surface area (Å²) in [7, 11) is 0. The lowest BCUT2D eigenvalue weighted by Crippen LogP contribution is -2.53. The number of aliphatic carboxylic acids is 1. The summed E-state index contributed by atoms with van der Waals surface area (Å²) < 4.78 is 15.8. The molecule has 0 spiro atoms. The number of carbonyl (C=O) groups excluding carboxylic acids is 3. The molecular weight excluding hydrogens is 396 g/mol. The summed E-state index contributed by atoms with van der Waals surface area (Å²) in [6.45, 7) is 1.34. The number of carboxylic acid groups (broad SMARTS) is 1. The van der Waals surface area contributed by atoms with E-state index in [0.717, 1.165) is 4.90 Å². The molecule has 1 aromatic heterocycles. The van der Waals surface area contributed by atoms with Gasteiger partial charge in [-0.25, -0.2) is 9.59 Å². The van der Waals surface area contributed by atoms with Crippen LogP contribution in [0.5, 0.6) is 11.5 Å². The predicted octanol–water partition coefficient (Wildman–Crippen LogP) is 1.80. The molecule has 3 rings (SSSR count). The van der Waals surface area contributed by atoms with Gasteiger partial charge in [0.15, 0.2) is 18.1 Å².